The van der Waals surface area contributed by atoms with Gasteiger partial charge in [0.25, 0.3) is 5.24 Å². The van der Waals surface area contributed by atoms with Crippen molar-refractivity contribution < 1.29 is 14.3 Å². The average Bonchev–Trinajstić information content (AvgIpc) is 2.67. The summed E-state index contributed by atoms with van der Waals surface area (Å²) < 4.78 is 5.47. The van der Waals surface area contributed by atoms with Gasteiger partial charge in [0.15, 0.2) is 0 Å². The molecule has 0 saturated carbocycles. The maximum atomic E-state index is 11.4. The lowest BCUT2D eigenvalue weighted by atomic mass is 10.1. The Morgan fingerprint density at radius 3 is 2.58 bits per heavy atom. The lowest BCUT2D eigenvalue weighted by Gasteiger charge is -2.10. The average molecular weight is 280 g/mol. The van der Waals surface area contributed by atoms with Crippen LogP contribution in [0.2, 0.25) is 0 Å². The van der Waals surface area contributed by atoms with Gasteiger partial charge in [0.2, 0.25) is 5.91 Å². The number of carbonyl (C=O) groups is 2. The van der Waals surface area contributed by atoms with Crippen molar-refractivity contribution >= 4 is 22.9 Å². The minimum absolute atomic E-state index is 0.00993. The number of hydrogen-bond donors (Lipinski definition) is 2. The molecular formula is C13H16N2O3S. The van der Waals surface area contributed by atoms with Crippen LogP contribution in [0.25, 0.3) is 0 Å². The van der Waals surface area contributed by atoms with Crippen molar-refractivity contribution in [2.75, 3.05) is 6.61 Å². The van der Waals surface area contributed by atoms with Crippen molar-refractivity contribution in [3.63, 3.8) is 0 Å². The van der Waals surface area contributed by atoms with E-state index in [1.165, 1.54) is 0 Å². The fourth-order valence-corrected chi connectivity index (χ4v) is 2.55. The molecule has 0 radical (unpaired) electrons. The van der Waals surface area contributed by atoms with Crippen LogP contribution in [0.3, 0.4) is 0 Å². The van der Waals surface area contributed by atoms with Gasteiger partial charge >= 0.3 is 0 Å². The van der Waals surface area contributed by atoms with Gasteiger partial charge < -0.3 is 10.5 Å². The van der Waals surface area contributed by atoms with Crippen LogP contribution in [-0.4, -0.2) is 29.0 Å². The zero-order valence-corrected chi connectivity index (χ0v) is 11.4. The van der Waals surface area contributed by atoms with Gasteiger partial charge in [-0.1, -0.05) is 23.9 Å². The van der Waals surface area contributed by atoms with Crippen molar-refractivity contribution in [1.29, 1.82) is 0 Å². The second kappa shape index (κ2) is 6.08. The molecule has 102 valence electrons. The molecule has 1 heterocycles. The molecule has 1 aromatic carbocycles. The third-order valence-electron chi connectivity index (χ3n) is 2.62. The van der Waals surface area contributed by atoms with E-state index in [-0.39, 0.29) is 22.4 Å². The molecular weight excluding hydrogens is 264 g/mol. The van der Waals surface area contributed by atoms with Crippen LogP contribution < -0.4 is 15.8 Å². The van der Waals surface area contributed by atoms with Gasteiger partial charge in [-0.3, -0.25) is 14.9 Å². The monoisotopic (exact) mass is 280 g/mol. The second-order valence-electron chi connectivity index (χ2n) is 4.52. The van der Waals surface area contributed by atoms with E-state index < -0.39 is 0 Å². The smallest absolute Gasteiger partial charge is 0.286 e. The van der Waals surface area contributed by atoms with Crippen molar-refractivity contribution in [1.82, 2.24) is 5.32 Å². The van der Waals surface area contributed by atoms with Crippen LogP contribution in [0.1, 0.15) is 12.5 Å². The van der Waals surface area contributed by atoms with Gasteiger partial charge in [0.05, 0.1) is 5.25 Å². The number of nitrogens with two attached hydrogens (primary N) is 1. The van der Waals surface area contributed by atoms with Gasteiger partial charge in [0.1, 0.15) is 12.4 Å². The van der Waals surface area contributed by atoms with Crippen LogP contribution >= 0.6 is 11.8 Å². The molecule has 1 fully saturated rings. The summed E-state index contributed by atoms with van der Waals surface area (Å²) in [6.45, 7) is 2.34. The number of benzene rings is 1. The summed E-state index contributed by atoms with van der Waals surface area (Å²) in [7, 11) is 0. The molecule has 0 bridgehead atoms. The molecule has 1 aliphatic rings. The topological polar surface area (TPSA) is 81.4 Å². The predicted molar refractivity (Wildman–Crippen MR) is 74.2 cm³/mol. The van der Waals surface area contributed by atoms with Crippen LogP contribution in [0.4, 0.5) is 4.79 Å². The molecule has 0 aromatic heterocycles. The van der Waals surface area contributed by atoms with Gasteiger partial charge in [-0.25, -0.2) is 0 Å². The fraction of sp³-hybridized carbons (Fsp3) is 0.385. The molecule has 1 aromatic rings. The Balaban J connectivity index is 1.91. The molecule has 19 heavy (non-hydrogen) atoms. The Morgan fingerprint density at radius 1 is 1.37 bits per heavy atom. The molecule has 2 rings (SSSR count). The van der Waals surface area contributed by atoms with Crippen molar-refractivity contribution in [2.24, 2.45) is 5.73 Å². The molecule has 1 saturated heterocycles. The summed E-state index contributed by atoms with van der Waals surface area (Å²) in [6.07, 6.45) is 0.538. The zero-order chi connectivity index (χ0) is 13.8. The highest BCUT2D eigenvalue weighted by Gasteiger charge is 2.31. The SMILES string of the molecule is C[C@@H](N)COc1ccc(CC2SC(=O)NC2=O)cc1. The Bertz CT molecular complexity index is 473. The quantitative estimate of drug-likeness (QED) is 0.850. The van der Waals surface area contributed by atoms with Gasteiger partial charge in [-0.2, -0.15) is 0 Å². The maximum Gasteiger partial charge on any atom is 0.286 e. The highest BCUT2D eigenvalue weighted by Crippen LogP contribution is 2.23. The Labute approximate surface area is 115 Å². The molecule has 0 spiro atoms. The van der Waals surface area contributed by atoms with Crippen molar-refractivity contribution in [3.05, 3.63) is 29.8 Å². The normalized spacial score (nSPS) is 20.2. The molecule has 2 amide bonds. The molecule has 2 atom stereocenters. The van der Waals surface area contributed by atoms with Gasteiger partial charge in [0, 0.05) is 6.04 Å². The van der Waals surface area contributed by atoms with E-state index in [4.69, 9.17) is 10.5 Å². The molecule has 0 aliphatic carbocycles. The predicted octanol–water partition coefficient (Wildman–Crippen LogP) is 1.31. The number of hydrogen-bond acceptors (Lipinski definition) is 5. The standard InChI is InChI=1S/C13H16N2O3S/c1-8(14)7-18-10-4-2-9(3-5-10)6-11-12(16)15-13(17)19-11/h2-5,8,11H,6-7,14H2,1H3,(H,15,16,17)/t8-,11?/m1/s1. The van der Waals surface area contributed by atoms with Gasteiger partial charge in [-0.05, 0) is 31.0 Å². The summed E-state index contributed by atoms with van der Waals surface area (Å²) in [5, 5.41) is 1.68. The van der Waals surface area contributed by atoms with E-state index in [1.807, 2.05) is 31.2 Å². The van der Waals surface area contributed by atoms with E-state index >= 15 is 0 Å². The molecule has 5 nitrogen and oxygen atoms in total. The lowest BCUT2D eigenvalue weighted by molar-refractivity contribution is -0.118. The Kier molecular flexibility index (Phi) is 4.44. The van der Waals surface area contributed by atoms with E-state index in [1.54, 1.807) is 0 Å². The number of imide groups is 1. The van der Waals surface area contributed by atoms with Gasteiger partial charge in [-0.15, -0.1) is 0 Å². The fourth-order valence-electron chi connectivity index (χ4n) is 1.69. The van der Waals surface area contributed by atoms with Crippen molar-refractivity contribution in [2.45, 2.75) is 24.6 Å². The number of rotatable bonds is 5. The minimum Gasteiger partial charge on any atom is -0.492 e. The van der Waals surface area contributed by atoms with Crippen LogP contribution in [-0.2, 0) is 11.2 Å². The first-order chi connectivity index (χ1) is 9.04. The number of nitrogens with one attached hydrogen (secondary N) is 1. The third kappa shape index (κ3) is 3.97. The lowest BCUT2D eigenvalue weighted by Crippen LogP contribution is -2.25. The van der Waals surface area contributed by atoms with E-state index in [0.717, 1.165) is 23.1 Å². The first-order valence-electron chi connectivity index (χ1n) is 6.03. The Hall–Kier alpha value is -1.53. The van der Waals surface area contributed by atoms with E-state index in [2.05, 4.69) is 5.32 Å². The number of carbonyl (C=O) groups excluding carboxylic acids is 2. The highest BCUT2D eigenvalue weighted by atomic mass is 32.2. The summed E-state index contributed by atoms with van der Waals surface area (Å²) in [5.74, 6) is 0.535. The molecule has 1 unspecified atom stereocenters. The molecule has 6 heteroatoms. The Morgan fingerprint density at radius 2 is 2.05 bits per heavy atom. The van der Waals surface area contributed by atoms with Crippen LogP contribution in [0.5, 0.6) is 5.75 Å². The summed E-state index contributed by atoms with van der Waals surface area (Å²) in [4.78, 5) is 22.5. The highest BCUT2D eigenvalue weighted by molar-refractivity contribution is 8.15. The minimum atomic E-state index is -0.330. The summed E-state index contributed by atoms with van der Waals surface area (Å²) in [5.41, 5.74) is 6.60. The number of thioether (sulfide) groups is 1. The second-order valence-corrected chi connectivity index (χ2v) is 5.70. The van der Waals surface area contributed by atoms with E-state index in [0.29, 0.717) is 13.0 Å². The number of amides is 2. The first kappa shape index (κ1) is 13.9. The number of ether oxygens (including phenoxy) is 1. The summed E-state index contributed by atoms with van der Waals surface area (Å²) in [6, 6.07) is 7.47. The zero-order valence-electron chi connectivity index (χ0n) is 10.6. The maximum absolute atomic E-state index is 11.4. The first-order valence-corrected chi connectivity index (χ1v) is 6.91. The molecule has 3 N–H and O–H groups in total. The van der Waals surface area contributed by atoms with Crippen LogP contribution in [0, 0.1) is 0 Å². The van der Waals surface area contributed by atoms with E-state index in [9.17, 15) is 9.59 Å². The third-order valence-corrected chi connectivity index (χ3v) is 3.61. The van der Waals surface area contributed by atoms with Crippen molar-refractivity contribution in [3.8, 4) is 5.75 Å². The molecule has 1 aliphatic heterocycles. The van der Waals surface area contributed by atoms with Crippen LogP contribution in [0.15, 0.2) is 24.3 Å². The summed E-state index contributed by atoms with van der Waals surface area (Å²) >= 11 is 1.04. The largest absolute Gasteiger partial charge is 0.492 e.